The van der Waals surface area contributed by atoms with Crippen LogP contribution in [-0.4, -0.2) is 29.4 Å². The molecule has 1 atom stereocenters. The van der Waals surface area contributed by atoms with Crippen molar-refractivity contribution in [2.75, 3.05) is 6.54 Å². The number of aliphatic imine (C=N–C) groups is 1. The number of benzene rings is 2. The third-order valence-electron chi connectivity index (χ3n) is 4.08. The van der Waals surface area contributed by atoms with Crippen molar-refractivity contribution in [2.45, 2.75) is 32.4 Å². The maximum absolute atomic E-state index is 13.5. The van der Waals surface area contributed by atoms with Crippen LogP contribution in [0.15, 0.2) is 59.7 Å². The van der Waals surface area contributed by atoms with E-state index < -0.39 is 11.7 Å². The fourth-order valence-corrected chi connectivity index (χ4v) is 2.85. The van der Waals surface area contributed by atoms with Gasteiger partial charge in [-0.2, -0.15) is 0 Å². The summed E-state index contributed by atoms with van der Waals surface area (Å²) in [5.74, 6) is -0.308. The van der Waals surface area contributed by atoms with E-state index in [0.717, 1.165) is 16.5 Å². The fourth-order valence-electron chi connectivity index (χ4n) is 2.85. The Kier molecular flexibility index (Phi) is 5.78. The fraction of sp³-hybridized carbons (Fsp3) is 0.273. The summed E-state index contributed by atoms with van der Waals surface area (Å²) in [7, 11) is 0. The zero-order valence-electron chi connectivity index (χ0n) is 16.2. The van der Waals surface area contributed by atoms with Crippen LogP contribution in [0.1, 0.15) is 37.9 Å². The number of ether oxygens (including phenoxy) is 1. The molecule has 2 aromatic carbocycles. The molecule has 3 aromatic rings. The van der Waals surface area contributed by atoms with Crippen molar-refractivity contribution in [1.29, 1.82) is 0 Å². The first-order chi connectivity index (χ1) is 13.3. The lowest BCUT2D eigenvalue weighted by Gasteiger charge is -2.21. The number of aromatic nitrogens is 1. The van der Waals surface area contributed by atoms with Crippen molar-refractivity contribution in [1.82, 2.24) is 10.3 Å². The Morgan fingerprint density at radius 3 is 2.71 bits per heavy atom. The molecule has 0 bridgehead atoms. The van der Waals surface area contributed by atoms with Crippen molar-refractivity contribution < 1.29 is 13.9 Å². The van der Waals surface area contributed by atoms with Crippen LogP contribution in [0.2, 0.25) is 0 Å². The van der Waals surface area contributed by atoms with Crippen LogP contribution in [0.3, 0.4) is 0 Å². The van der Waals surface area contributed by atoms with E-state index in [1.165, 1.54) is 12.1 Å². The highest BCUT2D eigenvalue weighted by Gasteiger charge is 2.19. The molecule has 6 heteroatoms. The summed E-state index contributed by atoms with van der Waals surface area (Å²) in [6, 6.07) is 13.9. The largest absolute Gasteiger partial charge is 0.444 e. The van der Waals surface area contributed by atoms with E-state index in [1.807, 2.05) is 51.1 Å². The van der Waals surface area contributed by atoms with Crippen LogP contribution in [0.25, 0.3) is 10.9 Å². The third-order valence-corrected chi connectivity index (χ3v) is 4.08. The Morgan fingerprint density at radius 1 is 1.25 bits per heavy atom. The number of rotatable bonds is 5. The molecule has 28 heavy (non-hydrogen) atoms. The van der Waals surface area contributed by atoms with Crippen LogP contribution in [0.4, 0.5) is 9.18 Å². The first-order valence-electron chi connectivity index (χ1n) is 9.13. The lowest BCUT2D eigenvalue weighted by Crippen LogP contribution is -2.34. The monoisotopic (exact) mass is 381 g/mol. The summed E-state index contributed by atoms with van der Waals surface area (Å²) in [6.45, 7) is 5.69. The van der Waals surface area contributed by atoms with Gasteiger partial charge in [-0.05, 0) is 44.5 Å². The number of fused-ring (bicyclic) bond motifs is 1. The van der Waals surface area contributed by atoms with E-state index in [4.69, 9.17) is 4.74 Å². The number of halogens is 1. The van der Waals surface area contributed by atoms with Crippen molar-refractivity contribution in [3.8, 4) is 0 Å². The molecular formula is C22H24FN3O2. The minimum atomic E-state index is -0.578. The number of carbonyl (C=O) groups excluding carboxylic acids is 1. The molecule has 0 aliphatic heterocycles. The Labute approximate surface area is 163 Å². The molecule has 0 aliphatic rings. The van der Waals surface area contributed by atoms with Gasteiger partial charge in [-0.15, -0.1) is 0 Å². The normalized spacial score (nSPS) is 13.0. The quantitative estimate of drug-likeness (QED) is 0.611. The average molecular weight is 381 g/mol. The Morgan fingerprint density at radius 2 is 2.00 bits per heavy atom. The molecule has 3 rings (SSSR count). The molecule has 2 N–H and O–H groups in total. The predicted molar refractivity (Wildman–Crippen MR) is 109 cm³/mol. The number of carbonyl (C=O) groups is 1. The Hall–Kier alpha value is -3.15. The van der Waals surface area contributed by atoms with Gasteiger partial charge in [-0.25, -0.2) is 9.18 Å². The highest BCUT2D eigenvalue weighted by Crippen LogP contribution is 2.27. The maximum Gasteiger partial charge on any atom is 0.407 e. The van der Waals surface area contributed by atoms with Gasteiger partial charge in [0, 0.05) is 35.4 Å². The van der Waals surface area contributed by atoms with Gasteiger partial charge < -0.3 is 15.0 Å². The Balaban J connectivity index is 1.85. The molecule has 146 valence electrons. The van der Waals surface area contributed by atoms with E-state index in [1.54, 1.807) is 18.5 Å². The summed E-state index contributed by atoms with van der Waals surface area (Å²) in [4.78, 5) is 19.8. The first-order valence-corrected chi connectivity index (χ1v) is 9.13. The van der Waals surface area contributed by atoms with Crippen molar-refractivity contribution >= 4 is 23.2 Å². The van der Waals surface area contributed by atoms with Crippen LogP contribution in [0.5, 0.6) is 0 Å². The molecule has 0 radical (unpaired) electrons. The van der Waals surface area contributed by atoms with Gasteiger partial charge in [0.2, 0.25) is 0 Å². The van der Waals surface area contributed by atoms with Gasteiger partial charge in [-0.3, -0.25) is 4.99 Å². The van der Waals surface area contributed by atoms with Crippen molar-refractivity contribution in [3.63, 3.8) is 0 Å². The Bertz CT molecular complexity index is 974. The number of H-pyrrole nitrogens is 1. The molecule has 0 aliphatic carbocycles. The maximum atomic E-state index is 13.5. The molecular weight excluding hydrogens is 357 g/mol. The van der Waals surface area contributed by atoms with Crippen LogP contribution in [0, 0.1) is 5.82 Å². The second-order valence-corrected chi connectivity index (χ2v) is 7.52. The number of nitrogens with one attached hydrogen (secondary N) is 2. The van der Waals surface area contributed by atoms with E-state index in [9.17, 15) is 9.18 Å². The lowest BCUT2D eigenvalue weighted by molar-refractivity contribution is 0.0525. The highest BCUT2D eigenvalue weighted by molar-refractivity contribution is 5.85. The number of amides is 1. The summed E-state index contributed by atoms with van der Waals surface area (Å²) >= 11 is 0. The number of hydrogen-bond donors (Lipinski definition) is 2. The van der Waals surface area contributed by atoms with Crippen LogP contribution < -0.4 is 5.32 Å². The molecule has 1 amide bonds. The van der Waals surface area contributed by atoms with Gasteiger partial charge in [-0.1, -0.05) is 30.3 Å². The third kappa shape index (κ3) is 5.19. The topological polar surface area (TPSA) is 66.5 Å². The van der Waals surface area contributed by atoms with Gasteiger partial charge in [0.15, 0.2) is 0 Å². The van der Waals surface area contributed by atoms with Gasteiger partial charge in [0.05, 0.1) is 6.04 Å². The average Bonchev–Trinajstić information content (AvgIpc) is 3.04. The first kappa shape index (κ1) is 19.6. The summed E-state index contributed by atoms with van der Waals surface area (Å²) in [5.41, 5.74) is 1.94. The smallest absolute Gasteiger partial charge is 0.407 e. The van der Waals surface area contributed by atoms with E-state index >= 15 is 0 Å². The second kappa shape index (κ2) is 8.25. The van der Waals surface area contributed by atoms with Crippen molar-refractivity contribution in [2.24, 2.45) is 4.99 Å². The lowest BCUT2D eigenvalue weighted by atomic mass is 10.1. The SMILES string of the molecule is CC(C)(C)OC(=O)NCC(N=Cc1ccccc1)c1c[nH]c2cc(F)ccc12. The molecule has 0 saturated carbocycles. The van der Waals surface area contributed by atoms with Gasteiger partial charge in [0.25, 0.3) is 0 Å². The second-order valence-electron chi connectivity index (χ2n) is 7.52. The standard InChI is InChI=1S/C22H24FN3O2/c1-22(2,3)28-21(27)26-14-20(24-12-15-7-5-4-6-8-15)18-13-25-19-11-16(23)9-10-17(18)19/h4-13,20,25H,14H2,1-3H3,(H,26,27). The number of alkyl carbamates (subject to hydrolysis) is 1. The van der Waals surface area contributed by atoms with Crippen molar-refractivity contribution in [3.05, 3.63) is 71.7 Å². The van der Waals surface area contributed by atoms with Crippen LogP contribution >= 0.6 is 0 Å². The number of aromatic amines is 1. The summed E-state index contributed by atoms with van der Waals surface area (Å²) < 4.78 is 18.8. The summed E-state index contributed by atoms with van der Waals surface area (Å²) in [6.07, 6.45) is 3.07. The molecule has 0 spiro atoms. The highest BCUT2D eigenvalue weighted by atomic mass is 19.1. The molecule has 1 unspecified atom stereocenters. The molecule has 1 heterocycles. The summed E-state index contributed by atoms with van der Waals surface area (Å²) in [5, 5.41) is 3.64. The van der Waals surface area contributed by atoms with Crippen LogP contribution in [-0.2, 0) is 4.74 Å². The molecule has 5 nitrogen and oxygen atoms in total. The van der Waals surface area contributed by atoms with Gasteiger partial charge in [0.1, 0.15) is 11.4 Å². The molecule has 0 saturated heterocycles. The minimum Gasteiger partial charge on any atom is -0.444 e. The molecule has 0 fully saturated rings. The van der Waals surface area contributed by atoms with E-state index in [-0.39, 0.29) is 18.4 Å². The number of nitrogens with zero attached hydrogens (tertiary/aromatic N) is 1. The number of hydrogen-bond acceptors (Lipinski definition) is 3. The minimum absolute atomic E-state index is 0.253. The zero-order valence-corrected chi connectivity index (χ0v) is 16.2. The zero-order chi connectivity index (χ0) is 20.1. The van der Waals surface area contributed by atoms with E-state index in [2.05, 4.69) is 15.3 Å². The van der Waals surface area contributed by atoms with Gasteiger partial charge >= 0.3 is 6.09 Å². The molecule has 1 aromatic heterocycles. The predicted octanol–water partition coefficient (Wildman–Crippen LogP) is 4.99. The van der Waals surface area contributed by atoms with E-state index in [0.29, 0.717) is 5.52 Å².